The Morgan fingerprint density at radius 2 is 1.81 bits per heavy atom. The van der Waals surface area contributed by atoms with Crippen LogP contribution in [-0.2, 0) is 0 Å². The molecule has 16 heavy (non-hydrogen) atoms. The highest BCUT2D eigenvalue weighted by Crippen LogP contribution is 2.30. The van der Waals surface area contributed by atoms with Crippen LogP contribution in [-0.4, -0.2) is 4.98 Å². The summed E-state index contributed by atoms with van der Waals surface area (Å²) in [5.41, 5.74) is 2.58. The Morgan fingerprint density at radius 1 is 1.12 bits per heavy atom. The van der Waals surface area contributed by atoms with Gasteiger partial charge in [0.1, 0.15) is 0 Å². The number of H-pyrrole nitrogens is 1. The molecule has 1 heteroatoms. The van der Waals surface area contributed by atoms with E-state index in [2.05, 4.69) is 48.6 Å². The van der Waals surface area contributed by atoms with Gasteiger partial charge < -0.3 is 4.98 Å². The normalized spacial score (nSPS) is 10.8. The van der Waals surface area contributed by atoms with Crippen molar-refractivity contribution in [2.75, 3.05) is 0 Å². The lowest BCUT2D eigenvalue weighted by Gasteiger charge is -2.11. The van der Waals surface area contributed by atoms with Gasteiger partial charge in [-0.15, -0.1) is 13.2 Å². The first-order chi connectivity index (χ1) is 7.86. The summed E-state index contributed by atoms with van der Waals surface area (Å²) < 4.78 is 0. The van der Waals surface area contributed by atoms with Crippen LogP contribution >= 0.6 is 0 Å². The zero-order valence-electron chi connectivity index (χ0n) is 9.45. The van der Waals surface area contributed by atoms with Crippen LogP contribution in [0.3, 0.4) is 0 Å². The number of aromatic nitrogens is 1. The number of hydrogen-bond donors (Lipinski definition) is 1. The molecule has 1 aromatic heterocycles. The summed E-state index contributed by atoms with van der Waals surface area (Å²) in [6, 6.07) is 8.41. The minimum Gasteiger partial charge on any atom is -0.361 e. The lowest BCUT2D eigenvalue weighted by atomic mass is 9.92. The Morgan fingerprint density at radius 3 is 2.50 bits per heavy atom. The van der Waals surface area contributed by atoms with Crippen LogP contribution in [0.25, 0.3) is 10.9 Å². The molecule has 0 saturated carbocycles. The molecule has 0 amide bonds. The van der Waals surface area contributed by atoms with E-state index in [4.69, 9.17) is 0 Å². The Balaban J connectivity index is 2.43. The van der Waals surface area contributed by atoms with Crippen LogP contribution in [0.2, 0.25) is 0 Å². The predicted octanol–water partition coefficient (Wildman–Crippen LogP) is 4.40. The Hall–Kier alpha value is -1.76. The van der Waals surface area contributed by atoms with Crippen molar-refractivity contribution < 1.29 is 0 Å². The standard InChI is InChI=1S/C15H17N/c1-3-7-12(8-4-2)14-11-16-15-10-6-5-9-13(14)15/h3-6,9-12,16H,1-2,7-8H2. The van der Waals surface area contributed by atoms with Gasteiger partial charge in [0.15, 0.2) is 0 Å². The largest absolute Gasteiger partial charge is 0.361 e. The number of fused-ring (bicyclic) bond motifs is 1. The van der Waals surface area contributed by atoms with Crippen LogP contribution in [0, 0.1) is 0 Å². The molecule has 0 unspecified atom stereocenters. The molecule has 0 bridgehead atoms. The molecular weight excluding hydrogens is 194 g/mol. The van der Waals surface area contributed by atoms with Gasteiger partial charge >= 0.3 is 0 Å². The summed E-state index contributed by atoms with van der Waals surface area (Å²) in [6.07, 6.45) is 8.07. The lowest BCUT2D eigenvalue weighted by Crippen LogP contribution is -1.94. The predicted molar refractivity (Wildman–Crippen MR) is 70.7 cm³/mol. The Bertz CT molecular complexity index is 483. The van der Waals surface area contributed by atoms with Crippen LogP contribution < -0.4 is 0 Å². The van der Waals surface area contributed by atoms with E-state index in [1.165, 1.54) is 16.5 Å². The fourth-order valence-electron chi connectivity index (χ4n) is 2.18. The molecule has 0 spiro atoms. The highest BCUT2D eigenvalue weighted by atomic mass is 14.7. The smallest absolute Gasteiger partial charge is 0.0456 e. The molecular formula is C15H17N. The SMILES string of the molecule is C=CCC(CC=C)c1c[nH]c2ccccc12. The molecule has 82 valence electrons. The van der Waals surface area contributed by atoms with E-state index in [1.54, 1.807) is 0 Å². The summed E-state index contributed by atoms with van der Waals surface area (Å²) in [5, 5.41) is 1.32. The third kappa shape index (κ3) is 1.94. The zero-order chi connectivity index (χ0) is 11.4. The van der Waals surface area contributed by atoms with Gasteiger partial charge in [-0.1, -0.05) is 30.4 Å². The highest BCUT2D eigenvalue weighted by molar-refractivity contribution is 5.83. The quantitative estimate of drug-likeness (QED) is 0.705. The maximum absolute atomic E-state index is 3.83. The van der Waals surface area contributed by atoms with Gasteiger partial charge in [-0.05, 0) is 30.4 Å². The molecule has 0 aliphatic carbocycles. The molecule has 1 nitrogen and oxygen atoms in total. The van der Waals surface area contributed by atoms with E-state index in [0.29, 0.717) is 5.92 Å². The lowest BCUT2D eigenvalue weighted by molar-refractivity contribution is 0.719. The van der Waals surface area contributed by atoms with Crippen molar-refractivity contribution in [1.29, 1.82) is 0 Å². The van der Waals surface area contributed by atoms with E-state index in [1.807, 2.05) is 12.2 Å². The third-order valence-corrected chi connectivity index (χ3v) is 2.96. The number of para-hydroxylation sites is 1. The van der Waals surface area contributed by atoms with Crippen molar-refractivity contribution in [1.82, 2.24) is 4.98 Å². The number of rotatable bonds is 5. The van der Waals surface area contributed by atoms with Crippen molar-refractivity contribution in [3.05, 3.63) is 61.3 Å². The monoisotopic (exact) mass is 211 g/mol. The number of aromatic amines is 1. The topological polar surface area (TPSA) is 15.8 Å². The van der Waals surface area contributed by atoms with E-state index in [0.717, 1.165) is 12.8 Å². The summed E-state index contributed by atoms with van der Waals surface area (Å²) in [5.74, 6) is 0.492. The van der Waals surface area contributed by atoms with Gasteiger partial charge in [0.25, 0.3) is 0 Å². The summed E-state index contributed by atoms with van der Waals surface area (Å²) in [6.45, 7) is 7.66. The van der Waals surface area contributed by atoms with E-state index in [9.17, 15) is 0 Å². The number of allylic oxidation sites excluding steroid dienone is 2. The minimum absolute atomic E-state index is 0.492. The van der Waals surface area contributed by atoms with E-state index >= 15 is 0 Å². The number of benzene rings is 1. The second-order valence-electron chi connectivity index (χ2n) is 4.04. The van der Waals surface area contributed by atoms with Gasteiger partial charge in [-0.2, -0.15) is 0 Å². The zero-order valence-corrected chi connectivity index (χ0v) is 9.45. The van der Waals surface area contributed by atoms with E-state index < -0.39 is 0 Å². The molecule has 0 aliphatic heterocycles. The summed E-state index contributed by atoms with van der Waals surface area (Å²) in [4.78, 5) is 3.32. The average molecular weight is 211 g/mol. The molecule has 1 heterocycles. The van der Waals surface area contributed by atoms with E-state index in [-0.39, 0.29) is 0 Å². The van der Waals surface area contributed by atoms with Gasteiger partial charge in [-0.3, -0.25) is 0 Å². The first-order valence-corrected chi connectivity index (χ1v) is 5.64. The van der Waals surface area contributed by atoms with Crippen LogP contribution in [0.4, 0.5) is 0 Å². The summed E-state index contributed by atoms with van der Waals surface area (Å²) >= 11 is 0. The molecule has 1 N–H and O–H groups in total. The van der Waals surface area contributed by atoms with Gasteiger partial charge in [0, 0.05) is 17.1 Å². The Kier molecular flexibility index (Phi) is 3.25. The van der Waals surface area contributed by atoms with Crippen LogP contribution in [0.15, 0.2) is 55.8 Å². The number of nitrogens with one attached hydrogen (secondary N) is 1. The highest BCUT2D eigenvalue weighted by Gasteiger charge is 2.12. The van der Waals surface area contributed by atoms with Crippen LogP contribution in [0.5, 0.6) is 0 Å². The minimum atomic E-state index is 0.492. The van der Waals surface area contributed by atoms with Gasteiger partial charge in [0.2, 0.25) is 0 Å². The molecule has 0 atom stereocenters. The molecule has 1 aromatic carbocycles. The molecule has 2 rings (SSSR count). The molecule has 0 fully saturated rings. The third-order valence-electron chi connectivity index (χ3n) is 2.96. The molecule has 0 radical (unpaired) electrons. The Labute approximate surface area is 96.5 Å². The fourth-order valence-corrected chi connectivity index (χ4v) is 2.18. The van der Waals surface area contributed by atoms with Gasteiger partial charge in [-0.25, -0.2) is 0 Å². The van der Waals surface area contributed by atoms with Crippen LogP contribution in [0.1, 0.15) is 24.3 Å². The molecule has 0 aliphatic rings. The number of hydrogen-bond acceptors (Lipinski definition) is 0. The van der Waals surface area contributed by atoms with Gasteiger partial charge in [0.05, 0.1) is 0 Å². The molecule has 0 saturated heterocycles. The van der Waals surface area contributed by atoms with Crippen molar-refractivity contribution in [3.63, 3.8) is 0 Å². The second kappa shape index (κ2) is 4.84. The second-order valence-corrected chi connectivity index (χ2v) is 4.04. The maximum atomic E-state index is 3.83. The first kappa shape index (κ1) is 10.7. The van der Waals surface area contributed by atoms with Crippen molar-refractivity contribution in [2.45, 2.75) is 18.8 Å². The fraction of sp³-hybridized carbons (Fsp3) is 0.200. The maximum Gasteiger partial charge on any atom is 0.0456 e. The van der Waals surface area contributed by atoms with Crippen molar-refractivity contribution in [2.24, 2.45) is 0 Å². The summed E-state index contributed by atoms with van der Waals surface area (Å²) in [7, 11) is 0. The first-order valence-electron chi connectivity index (χ1n) is 5.64. The van der Waals surface area contributed by atoms with Crippen molar-refractivity contribution in [3.8, 4) is 0 Å². The average Bonchev–Trinajstić information content (AvgIpc) is 2.72. The van der Waals surface area contributed by atoms with Crippen molar-refractivity contribution >= 4 is 10.9 Å². The molecule has 2 aromatic rings.